The van der Waals surface area contributed by atoms with Crippen molar-refractivity contribution in [1.82, 2.24) is 0 Å². The molecule has 2 rings (SSSR count). The van der Waals surface area contributed by atoms with Crippen molar-refractivity contribution in [3.63, 3.8) is 0 Å². The van der Waals surface area contributed by atoms with E-state index in [0.717, 1.165) is 0 Å². The molecule has 1 aromatic rings. The summed E-state index contributed by atoms with van der Waals surface area (Å²) in [6.45, 7) is 0. The van der Waals surface area contributed by atoms with Crippen molar-refractivity contribution in [2.24, 2.45) is 0 Å². The Morgan fingerprint density at radius 3 is 3.00 bits per heavy atom. The number of rotatable bonds is 1. The number of benzene rings is 1. The minimum Gasteiger partial charge on any atom is -0.497 e. The van der Waals surface area contributed by atoms with E-state index in [2.05, 4.69) is 15.9 Å². The molecule has 1 aliphatic heterocycles. The lowest BCUT2D eigenvalue weighted by atomic mass is 10.1. The van der Waals surface area contributed by atoms with Gasteiger partial charge in [-0.1, -0.05) is 0 Å². The smallest absolute Gasteiger partial charge is 0.218 e. The van der Waals surface area contributed by atoms with Crippen molar-refractivity contribution < 1.29 is 14.3 Å². The van der Waals surface area contributed by atoms with Crippen molar-refractivity contribution in [3.8, 4) is 11.5 Å². The van der Waals surface area contributed by atoms with Gasteiger partial charge >= 0.3 is 0 Å². The summed E-state index contributed by atoms with van der Waals surface area (Å²) in [5.41, 5.74) is 0.600. The number of halogens is 1. The number of fused-ring (bicyclic) bond motifs is 1. The lowest BCUT2D eigenvalue weighted by Crippen LogP contribution is -2.10. The molecule has 0 radical (unpaired) electrons. The fraction of sp³-hybridized carbons (Fsp3) is 0.222. The maximum absolute atomic E-state index is 11.4. The monoisotopic (exact) mass is 242 g/mol. The summed E-state index contributed by atoms with van der Waals surface area (Å²) in [4.78, 5) is 11.4. The minimum absolute atomic E-state index is 0.0438. The summed E-state index contributed by atoms with van der Waals surface area (Å²) in [5, 5.41) is -0.547. The van der Waals surface area contributed by atoms with Crippen LogP contribution in [0.3, 0.4) is 0 Å². The van der Waals surface area contributed by atoms with Crippen LogP contribution in [0.4, 0.5) is 0 Å². The van der Waals surface area contributed by atoms with Crippen LogP contribution in [0.1, 0.15) is 10.4 Å². The highest BCUT2D eigenvalue weighted by Crippen LogP contribution is 2.33. The molecule has 0 aromatic heterocycles. The molecule has 3 nitrogen and oxygen atoms in total. The van der Waals surface area contributed by atoms with E-state index in [-0.39, 0.29) is 5.78 Å². The summed E-state index contributed by atoms with van der Waals surface area (Å²) in [6, 6.07) is 5.15. The zero-order valence-electron chi connectivity index (χ0n) is 6.91. The van der Waals surface area contributed by atoms with Crippen LogP contribution in [0.2, 0.25) is 0 Å². The van der Waals surface area contributed by atoms with Crippen molar-refractivity contribution in [1.29, 1.82) is 0 Å². The van der Waals surface area contributed by atoms with Gasteiger partial charge in [-0.2, -0.15) is 0 Å². The first-order valence-electron chi connectivity index (χ1n) is 3.75. The van der Waals surface area contributed by atoms with Crippen molar-refractivity contribution >= 4 is 21.7 Å². The highest BCUT2D eigenvalue weighted by atomic mass is 79.9. The number of ether oxygens (including phenoxy) is 2. The van der Waals surface area contributed by atoms with Crippen LogP contribution in [-0.2, 0) is 0 Å². The number of methoxy groups -OCH3 is 1. The van der Waals surface area contributed by atoms with E-state index in [1.165, 1.54) is 0 Å². The number of alkyl halides is 1. The quantitative estimate of drug-likeness (QED) is 0.707. The molecule has 1 aromatic carbocycles. The fourth-order valence-electron chi connectivity index (χ4n) is 1.22. The van der Waals surface area contributed by atoms with Gasteiger partial charge in [0.15, 0.2) is 0 Å². The molecule has 0 saturated heterocycles. The molecular weight excluding hydrogens is 236 g/mol. The van der Waals surface area contributed by atoms with Crippen LogP contribution < -0.4 is 9.47 Å². The first-order chi connectivity index (χ1) is 6.22. The maximum atomic E-state index is 11.4. The van der Waals surface area contributed by atoms with Crippen LogP contribution in [0.15, 0.2) is 18.2 Å². The third-order valence-electron chi connectivity index (χ3n) is 1.89. The van der Waals surface area contributed by atoms with Gasteiger partial charge in [-0.05, 0) is 28.1 Å². The molecule has 0 fully saturated rings. The van der Waals surface area contributed by atoms with Gasteiger partial charge in [0.25, 0.3) is 0 Å². The number of Topliss-reactive ketones (excluding diaryl/α,β-unsaturated/α-hetero) is 1. The lowest BCUT2D eigenvalue weighted by molar-refractivity contribution is 0.0942. The lowest BCUT2D eigenvalue weighted by Gasteiger charge is -2.01. The highest BCUT2D eigenvalue weighted by molar-refractivity contribution is 9.09. The van der Waals surface area contributed by atoms with Gasteiger partial charge in [-0.25, -0.2) is 0 Å². The number of carbonyl (C=O) groups is 1. The number of hydrogen-bond acceptors (Lipinski definition) is 3. The zero-order chi connectivity index (χ0) is 9.42. The topological polar surface area (TPSA) is 35.5 Å². The Morgan fingerprint density at radius 1 is 1.54 bits per heavy atom. The first-order valence-corrected chi connectivity index (χ1v) is 4.67. The SMILES string of the molecule is COc1ccc2c(c1)O[C@@H](Br)C2=O. The highest BCUT2D eigenvalue weighted by Gasteiger charge is 2.30. The second-order valence-corrected chi connectivity index (χ2v) is 3.49. The normalized spacial score (nSPS) is 19.5. The third kappa shape index (κ3) is 1.31. The zero-order valence-corrected chi connectivity index (χ0v) is 8.50. The first kappa shape index (κ1) is 8.56. The van der Waals surface area contributed by atoms with E-state index >= 15 is 0 Å². The molecule has 0 bridgehead atoms. The molecule has 0 amide bonds. The fourth-order valence-corrected chi connectivity index (χ4v) is 1.67. The summed E-state index contributed by atoms with van der Waals surface area (Å²) < 4.78 is 10.3. The van der Waals surface area contributed by atoms with E-state index in [4.69, 9.17) is 9.47 Å². The summed E-state index contributed by atoms with van der Waals surface area (Å²) in [7, 11) is 1.57. The number of ketones is 1. The van der Waals surface area contributed by atoms with Crippen molar-refractivity contribution in [2.45, 2.75) is 5.01 Å². The van der Waals surface area contributed by atoms with E-state index in [9.17, 15) is 4.79 Å². The Kier molecular flexibility index (Phi) is 2.00. The van der Waals surface area contributed by atoms with Gasteiger partial charge < -0.3 is 9.47 Å². The van der Waals surface area contributed by atoms with Crippen molar-refractivity contribution in [3.05, 3.63) is 23.8 Å². The molecule has 68 valence electrons. The van der Waals surface area contributed by atoms with Gasteiger partial charge in [-0.3, -0.25) is 4.79 Å². The predicted molar refractivity (Wildman–Crippen MR) is 50.7 cm³/mol. The molecule has 0 saturated carbocycles. The molecule has 13 heavy (non-hydrogen) atoms. The van der Waals surface area contributed by atoms with E-state index < -0.39 is 5.01 Å². The van der Waals surface area contributed by atoms with Crippen LogP contribution >= 0.6 is 15.9 Å². The Hall–Kier alpha value is -1.03. The van der Waals surface area contributed by atoms with E-state index in [0.29, 0.717) is 17.1 Å². The number of hydrogen-bond donors (Lipinski definition) is 0. The average Bonchev–Trinajstić information content (AvgIpc) is 2.42. The summed E-state index contributed by atoms with van der Waals surface area (Å²) in [5.74, 6) is 1.22. The second kappa shape index (κ2) is 3.03. The van der Waals surface area contributed by atoms with Gasteiger partial charge in [0, 0.05) is 6.07 Å². The van der Waals surface area contributed by atoms with E-state index in [1.54, 1.807) is 25.3 Å². The average molecular weight is 243 g/mol. The molecule has 1 aliphatic rings. The largest absolute Gasteiger partial charge is 0.497 e. The van der Waals surface area contributed by atoms with E-state index in [1.807, 2.05) is 0 Å². The van der Waals surface area contributed by atoms with Crippen LogP contribution in [0, 0.1) is 0 Å². The van der Waals surface area contributed by atoms with Crippen LogP contribution in [-0.4, -0.2) is 17.9 Å². The molecule has 0 unspecified atom stereocenters. The summed E-state index contributed by atoms with van der Waals surface area (Å²) >= 11 is 3.12. The molecule has 4 heteroatoms. The molecule has 1 atom stereocenters. The molecule has 0 N–H and O–H groups in total. The van der Waals surface area contributed by atoms with Gasteiger partial charge in [0.1, 0.15) is 11.5 Å². The Labute approximate surface area is 83.8 Å². The van der Waals surface area contributed by atoms with Crippen LogP contribution in [0.5, 0.6) is 11.5 Å². The minimum atomic E-state index is -0.547. The molecule has 1 heterocycles. The standard InChI is InChI=1S/C9H7BrO3/c1-12-5-2-3-6-7(4-5)13-9(10)8(6)11/h2-4,9H,1H3/t9-/m1/s1. The third-order valence-corrected chi connectivity index (χ3v) is 2.49. The van der Waals surface area contributed by atoms with Gasteiger partial charge in [0.2, 0.25) is 10.8 Å². The predicted octanol–water partition coefficient (Wildman–Crippen LogP) is 1.99. The Balaban J connectivity index is 2.46. The summed E-state index contributed by atoms with van der Waals surface area (Å²) in [6.07, 6.45) is 0. The maximum Gasteiger partial charge on any atom is 0.218 e. The second-order valence-electron chi connectivity index (χ2n) is 2.66. The Bertz CT molecular complexity index is 362. The van der Waals surface area contributed by atoms with Gasteiger partial charge in [0.05, 0.1) is 12.7 Å². The Morgan fingerprint density at radius 2 is 2.31 bits per heavy atom. The van der Waals surface area contributed by atoms with Crippen LogP contribution in [0.25, 0.3) is 0 Å². The van der Waals surface area contributed by atoms with Gasteiger partial charge in [-0.15, -0.1) is 0 Å². The molecular formula is C9H7BrO3. The van der Waals surface area contributed by atoms with Crippen molar-refractivity contribution in [2.75, 3.05) is 7.11 Å². The molecule has 0 aliphatic carbocycles. The molecule has 0 spiro atoms. The number of carbonyl (C=O) groups excluding carboxylic acids is 1.